The van der Waals surface area contributed by atoms with Crippen LogP contribution in [0.15, 0.2) is 0 Å². The molecule has 0 aromatic carbocycles. The zero-order valence-corrected chi connectivity index (χ0v) is 9.87. The van der Waals surface area contributed by atoms with Gasteiger partial charge in [0.25, 0.3) is 0 Å². The Morgan fingerprint density at radius 3 is 2.80 bits per heavy atom. The summed E-state index contributed by atoms with van der Waals surface area (Å²) >= 11 is 0. The van der Waals surface area contributed by atoms with Crippen LogP contribution in [-0.4, -0.2) is 37.5 Å². The lowest BCUT2D eigenvalue weighted by Gasteiger charge is -2.22. The Morgan fingerprint density at radius 2 is 2.13 bits per heavy atom. The number of aliphatic hydroxyl groups is 1. The van der Waals surface area contributed by atoms with Gasteiger partial charge in [-0.15, -0.1) is 0 Å². The number of rotatable bonds is 7. The van der Waals surface area contributed by atoms with Crippen molar-refractivity contribution in [2.45, 2.75) is 45.1 Å². The largest absolute Gasteiger partial charge is 0.393 e. The van der Waals surface area contributed by atoms with Crippen LogP contribution in [0.4, 0.5) is 0 Å². The summed E-state index contributed by atoms with van der Waals surface area (Å²) in [7, 11) is 0. The van der Waals surface area contributed by atoms with Gasteiger partial charge in [-0.05, 0) is 51.1 Å². The van der Waals surface area contributed by atoms with Crippen molar-refractivity contribution in [3.8, 4) is 0 Å². The van der Waals surface area contributed by atoms with Gasteiger partial charge in [0.15, 0.2) is 0 Å². The lowest BCUT2D eigenvalue weighted by molar-refractivity contribution is 0.0662. The fourth-order valence-corrected chi connectivity index (χ4v) is 1.92. The van der Waals surface area contributed by atoms with Gasteiger partial charge in [0.1, 0.15) is 0 Å². The zero-order chi connectivity index (χ0) is 10.9. The van der Waals surface area contributed by atoms with Crippen molar-refractivity contribution in [1.82, 2.24) is 5.32 Å². The smallest absolute Gasteiger partial charge is 0.0538 e. The Morgan fingerprint density at radius 1 is 1.40 bits per heavy atom. The van der Waals surface area contributed by atoms with Gasteiger partial charge in [0.05, 0.1) is 6.10 Å². The Labute approximate surface area is 93.2 Å². The molecule has 1 rings (SSSR count). The van der Waals surface area contributed by atoms with Crippen LogP contribution in [0.25, 0.3) is 0 Å². The molecule has 0 saturated carbocycles. The predicted octanol–water partition coefficient (Wildman–Crippen LogP) is 1.55. The quantitative estimate of drug-likeness (QED) is 0.633. The summed E-state index contributed by atoms with van der Waals surface area (Å²) in [5, 5.41) is 12.8. The predicted molar refractivity (Wildman–Crippen MR) is 61.9 cm³/mol. The van der Waals surface area contributed by atoms with Crippen LogP contribution in [0.1, 0.15) is 39.0 Å². The fourth-order valence-electron chi connectivity index (χ4n) is 1.92. The molecule has 0 radical (unpaired) electrons. The summed E-state index contributed by atoms with van der Waals surface area (Å²) in [6, 6.07) is 0. The highest BCUT2D eigenvalue weighted by molar-refractivity contribution is 4.66. The van der Waals surface area contributed by atoms with Crippen molar-refractivity contribution in [2.75, 3.05) is 26.3 Å². The van der Waals surface area contributed by atoms with Crippen LogP contribution in [-0.2, 0) is 4.74 Å². The summed E-state index contributed by atoms with van der Waals surface area (Å²) < 4.78 is 5.31. The maximum absolute atomic E-state index is 9.36. The van der Waals surface area contributed by atoms with E-state index in [0.717, 1.165) is 51.5 Å². The first-order valence-electron chi connectivity index (χ1n) is 6.29. The summed E-state index contributed by atoms with van der Waals surface area (Å²) in [5.41, 5.74) is 0. The third-order valence-corrected chi connectivity index (χ3v) is 3.14. The SMILES string of the molecule is CCC(O)CCCNCC1CCOCC1. The summed E-state index contributed by atoms with van der Waals surface area (Å²) in [6.07, 6.45) is 5.18. The van der Waals surface area contributed by atoms with Gasteiger partial charge in [-0.2, -0.15) is 0 Å². The van der Waals surface area contributed by atoms with Gasteiger partial charge in [-0.1, -0.05) is 6.92 Å². The van der Waals surface area contributed by atoms with Gasteiger partial charge in [0.2, 0.25) is 0 Å². The minimum atomic E-state index is -0.102. The van der Waals surface area contributed by atoms with Crippen LogP contribution in [0.5, 0.6) is 0 Å². The molecular formula is C12H25NO2. The van der Waals surface area contributed by atoms with Gasteiger partial charge in [-0.3, -0.25) is 0 Å². The van der Waals surface area contributed by atoms with E-state index in [0.29, 0.717) is 0 Å². The topological polar surface area (TPSA) is 41.5 Å². The summed E-state index contributed by atoms with van der Waals surface area (Å²) in [5.74, 6) is 0.801. The molecule has 3 nitrogen and oxygen atoms in total. The average molecular weight is 215 g/mol. The summed E-state index contributed by atoms with van der Waals surface area (Å²) in [6.45, 7) is 6.04. The molecule has 1 saturated heterocycles. The number of nitrogens with one attached hydrogen (secondary N) is 1. The molecule has 3 heteroatoms. The van der Waals surface area contributed by atoms with Crippen molar-refractivity contribution in [1.29, 1.82) is 0 Å². The average Bonchev–Trinajstić information content (AvgIpc) is 2.29. The van der Waals surface area contributed by atoms with Crippen molar-refractivity contribution >= 4 is 0 Å². The molecule has 0 amide bonds. The van der Waals surface area contributed by atoms with E-state index in [2.05, 4.69) is 5.32 Å². The lowest BCUT2D eigenvalue weighted by atomic mass is 10.0. The highest BCUT2D eigenvalue weighted by Crippen LogP contribution is 2.13. The lowest BCUT2D eigenvalue weighted by Crippen LogP contribution is -2.28. The molecule has 0 aromatic heterocycles. The van der Waals surface area contributed by atoms with Crippen molar-refractivity contribution in [3.05, 3.63) is 0 Å². The second-order valence-electron chi connectivity index (χ2n) is 4.46. The van der Waals surface area contributed by atoms with Crippen molar-refractivity contribution in [3.63, 3.8) is 0 Å². The molecule has 0 aliphatic carbocycles. The minimum Gasteiger partial charge on any atom is -0.393 e. The van der Waals surface area contributed by atoms with Gasteiger partial charge in [-0.25, -0.2) is 0 Å². The number of hydrogen-bond acceptors (Lipinski definition) is 3. The van der Waals surface area contributed by atoms with Gasteiger partial charge in [0, 0.05) is 13.2 Å². The molecule has 90 valence electrons. The standard InChI is InChI=1S/C12H25NO2/c1-2-12(14)4-3-7-13-10-11-5-8-15-9-6-11/h11-14H,2-10H2,1H3. The minimum absolute atomic E-state index is 0.102. The normalized spacial score (nSPS) is 20.4. The Kier molecular flexibility index (Phi) is 6.98. The van der Waals surface area contributed by atoms with E-state index in [4.69, 9.17) is 4.74 Å². The molecule has 1 aliphatic heterocycles. The molecule has 1 fully saturated rings. The van der Waals surface area contributed by atoms with E-state index >= 15 is 0 Å². The van der Waals surface area contributed by atoms with E-state index in [9.17, 15) is 5.11 Å². The maximum Gasteiger partial charge on any atom is 0.0538 e. The van der Waals surface area contributed by atoms with Crippen LogP contribution in [0.3, 0.4) is 0 Å². The fraction of sp³-hybridized carbons (Fsp3) is 1.00. The third kappa shape index (κ3) is 6.13. The van der Waals surface area contributed by atoms with E-state index < -0.39 is 0 Å². The molecule has 0 spiro atoms. The van der Waals surface area contributed by atoms with Crippen LogP contribution < -0.4 is 5.32 Å². The van der Waals surface area contributed by atoms with E-state index in [-0.39, 0.29) is 6.10 Å². The number of aliphatic hydroxyl groups excluding tert-OH is 1. The van der Waals surface area contributed by atoms with Crippen molar-refractivity contribution < 1.29 is 9.84 Å². The first-order valence-corrected chi connectivity index (χ1v) is 6.29. The highest BCUT2D eigenvalue weighted by Gasteiger charge is 2.12. The second-order valence-corrected chi connectivity index (χ2v) is 4.46. The van der Waals surface area contributed by atoms with Crippen LogP contribution >= 0.6 is 0 Å². The second kappa shape index (κ2) is 8.08. The molecule has 0 aromatic rings. The third-order valence-electron chi connectivity index (χ3n) is 3.14. The first-order chi connectivity index (χ1) is 7.33. The zero-order valence-electron chi connectivity index (χ0n) is 9.87. The Bertz CT molecular complexity index is 147. The van der Waals surface area contributed by atoms with Gasteiger partial charge < -0.3 is 15.2 Å². The molecule has 15 heavy (non-hydrogen) atoms. The molecule has 1 aliphatic rings. The molecule has 2 N–H and O–H groups in total. The highest BCUT2D eigenvalue weighted by atomic mass is 16.5. The molecule has 1 unspecified atom stereocenters. The Hall–Kier alpha value is -0.120. The van der Waals surface area contributed by atoms with E-state index in [1.807, 2.05) is 6.92 Å². The van der Waals surface area contributed by atoms with E-state index in [1.165, 1.54) is 12.8 Å². The Balaban J connectivity index is 1.87. The number of ether oxygens (including phenoxy) is 1. The molecule has 1 heterocycles. The molecular weight excluding hydrogens is 190 g/mol. The maximum atomic E-state index is 9.36. The van der Waals surface area contributed by atoms with Crippen LogP contribution in [0.2, 0.25) is 0 Å². The molecule has 1 atom stereocenters. The first kappa shape index (κ1) is 12.9. The number of hydrogen-bond donors (Lipinski definition) is 2. The van der Waals surface area contributed by atoms with E-state index in [1.54, 1.807) is 0 Å². The summed E-state index contributed by atoms with van der Waals surface area (Å²) in [4.78, 5) is 0. The monoisotopic (exact) mass is 215 g/mol. The van der Waals surface area contributed by atoms with Gasteiger partial charge >= 0.3 is 0 Å². The molecule has 0 bridgehead atoms. The van der Waals surface area contributed by atoms with Crippen LogP contribution in [0, 0.1) is 5.92 Å². The van der Waals surface area contributed by atoms with Crippen molar-refractivity contribution in [2.24, 2.45) is 5.92 Å².